The molecule has 0 aromatic heterocycles. The molecule has 0 bridgehead atoms. The lowest BCUT2D eigenvalue weighted by Crippen LogP contribution is -2.45. The third kappa shape index (κ3) is 14.8. The first-order valence-corrected chi connectivity index (χ1v) is 15.3. The Balaban J connectivity index is 3.98. The number of esters is 2. The van der Waals surface area contributed by atoms with E-state index in [1.165, 1.54) is 77.0 Å². The van der Waals surface area contributed by atoms with Crippen LogP contribution < -0.4 is 0 Å². The predicted molar refractivity (Wildman–Crippen MR) is 143 cm³/mol. The number of hydrogen-bond acceptors (Lipinski definition) is 4. The molecule has 0 saturated heterocycles. The summed E-state index contributed by atoms with van der Waals surface area (Å²) in [4.78, 5) is 25.2. The number of carbonyl (C=O) groups excluding carboxylic acids is 2. The van der Waals surface area contributed by atoms with Crippen LogP contribution in [-0.4, -0.2) is 36.2 Å². The van der Waals surface area contributed by atoms with Gasteiger partial charge in [0.25, 0.3) is 0 Å². The van der Waals surface area contributed by atoms with E-state index in [4.69, 9.17) is 4.74 Å². The van der Waals surface area contributed by atoms with Crippen LogP contribution in [-0.2, 0) is 19.1 Å². The summed E-state index contributed by atoms with van der Waals surface area (Å²) in [6.07, 6.45) is 12.8. The highest BCUT2D eigenvalue weighted by molar-refractivity contribution is 9.09. The second-order valence-corrected chi connectivity index (χ2v) is 10.5. The van der Waals surface area contributed by atoms with E-state index in [-0.39, 0.29) is 19.4 Å². The van der Waals surface area contributed by atoms with Crippen molar-refractivity contribution >= 4 is 27.9 Å². The van der Waals surface area contributed by atoms with Crippen LogP contribution >= 0.6 is 15.9 Å². The Hall–Kier alpha value is -0.790. The third-order valence-electron chi connectivity index (χ3n) is 6.97. The Bertz CT molecular complexity index is 565. The highest BCUT2D eigenvalue weighted by Crippen LogP contribution is 2.33. The number of unbranched alkanes of at least 4 members (excludes halogenated alkanes) is 15. The van der Waals surface area contributed by atoms with Crippen molar-refractivity contribution in [1.82, 2.24) is 0 Å². The van der Waals surface area contributed by atoms with E-state index in [9.17, 15) is 22.8 Å². The quantitative estimate of drug-likeness (QED) is 0.0517. The van der Waals surface area contributed by atoms with Gasteiger partial charge in [0.15, 0.2) is 5.41 Å². The van der Waals surface area contributed by atoms with Crippen molar-refractivity contribution in [2.75, 3.05) is 11.9 Å². The lowest BCUT2D eigenvalue weighted by molar-refractivity contribution is -0.222. The van der Waals surface area contributed by atoms with Crippen molar-refractivity contribution < 1.29 is 32.2 Å². The fourth-order valence-electron chi connectivity index (χ4n) is 4.29. The Morgan fingerprint density at radius 3 is 1.39 bits per heavy atom. The molecule has 0 aliphatic rings. The van der Waals surface area contributed by atoms with E-state index < -0.39 is 35.0 Å². The Kier molecular flexibility index (Phi) is 20.7. The lowest BCUT2D eigenvalue weighted by Gasteiger charge is -2.29. The second-order valence-electron chi connectivity index (χ2n) is 9.82. The van der Waals surface area contributed by atoms with Gasteiger partial charge in [-0.3, -0.25) is 9.59 Å². The summed E-state index contributed by atoms with van der Waals surface area (Å²) in [6, 6.07) is 0. The molecule has 0 rings (SSSR count). The summed E-state index contributed by atoms with van der Waals surface area (Å²) in [5.74, 6) is -1.97. The molecule has 0 spiro atoms. The maximum atomic E-state index is 13.0. The average molecular weight is 588 g/mol. The molecule has 4 nitrogen and oxygen atoms in total. The number of halogens is 4. The fraction of sp³-hybridized carbons (Fsp3) is 0.929. The van der Waals surface area contributed by atoms with Crippen LogP contribution in [0, 0.1) is 5.41 Å². The molecule has 1 atom stereocenters. The lowest BCUT2D eigenvalue weighted by atomic mass is 9.82. The summed E-state index contributed by atoms with van der Waals surface area (Å²) < 4.78 is 48.9. The zero-order valence-corrected chi connectivity index (χ0v) is 24.5. The number of carbonyl (C=O) groups is 2. The van der Waals surface area contributed by atoms with Gasteiger partial charge in [-0.15, -0.1) is 0 Å². The maximum Gasteiger partial charge on any atom is 0.426 e. The van der Waals surface area contributed by atoms with E-state index >= 15 is 0 Å². The molecular formula is C28H50BrF3O4. The summed E-state index contributed by atoms with van der Waals surface area (Å²) in [5, 5.41) is -0.583. The summed E-state index contributed by atoms with van der Waals surface area (Å²) in [5.41, 5.74) is -1.71. The number of ether oxygens (including phenoxy) is 2. The van der Waals surface area contributed by atoms with Gasteiger partial charge in [0.1, 0.15) is 0 Å². The van der Waals surface area contributed by atoms with Crippen molar-refractivity contribution in [1.29, 1.82) is 0 Å². The largest absolute Gasteiger partial charge is 0.465 e. The van der Waals surface area contributed by atoms with Crippen molar-refractivity contribution in [2.24, 2.45) is 5.41 Å². The van der Waals surface area contributed by atoms with Gasteiger partial charge >= 0.3 is 18.1 Å². The Morgan fingerprint density at radius 2 is 1.06 bits per heavy atom. The topological polar surface area (TPSA) is 52.6 Å². The molecule has 0 amide bonds. The van der Waals surface area contributed by atoms with Crippen LogP contribution in [0.2, 0.25) is 0 Å². The molecule has 0 aliphatic carbocycles. The molecule has 0 fully saturated rings. The molecule has 0 aliphatic heterocycles. The smallest absolute Gasteiger partial charge is 0.426 e. The van der Waals surface area contributed by atoms with Gasteiger partial charge in [-0.2, -0.15) is 13.2 Å². The van der Waals surface area contributed by atoms with Gasteiger partial charge in [-0.1, -0.05) is 133 Å². The first-order chi connectivity index (χ1) is 17.2. The molecule has 0 saturated carbocycles. The molecule has 0 N–H and O–H groups in total. The zero-order chi connectivity index (χ0) is 27.3. The molecular weight excluding hydrogens is 537 g/mol. The van der Waals surface area contributed by atoms with Crippen LogP contribution in [0.15, 0.2) is 0 Å². The first kappa shape index (κ1) is 35.2. The second kappa shape index (κ2) is 21.2. The molecule has 214 valence electrons. The van der Waals surface area contributed by atoms with Crippen molar-refractivity contribution in [2.45, 2.75) is 149 Å². The number of rotatable bonds is 23. The SMILES string of the molecule is CCCCCCCCCCCCCCCCCCOC(=O)C(CC)(CC)C(=O)OC(CBr)C(F)(F)F. The normalized spacial score (nSPS) is 13.0. The van der Waals surface area contributed by atoms with Gasteiger partial charge in [0.05, 0.1) is 6.61 Å². The van der Waals surface area contributed by atoms with E-state index in [1.54, 1.807) is 13.8 Å². The van der Waals surface area contributed by atoms with Crippen molar-refractivity contribution in [3.05, 3.63) is 0 Å². The van der Waals surface area contributed by atoms with Crippen LogP contribution in [0.4, 0.5) is 13.2 Å². The number of hydrogen-bond donors (Lipinski definition) is 0. The average Bonchev–Trinajstić information content (AvgIpc) is 2.84. The predicted octanol–water partition coefficient (Wildman–Crippen LogP) is 9.47. The van der Waals surface area contributed by atoms with Crippen molar-refractivity contribution in [3.8, 4) is 0 Å². The van der Waals surface area contributed by atoms with Crippen LogP contribution in [0.1, 0.15) is 136 Å². The van der Waals surface area contributed by atoms with Gasteiger partial charge in [0, 0.05) is 5.33 Å². The maximum absolute atomic E-state index is 13.0. The van der Waals surface area contributed by atoms with Crippen LogP contribution in [0.25, 0.3) is 0 Å². The molecule has 1 unspecified atom stereocenters. The molecule has 36 heavy (non-hydrogen) atoms. The van der Waals surface area contributed by atoms with Gasteiger partial charge in [-0.25, -0.2) is 0 Å². The minimum Gasteiger partial charge on any atom is -0.465 e. The van der Waals surface area contributed by atoms with Crippen LogP contribution in [0.5, 0.6) is 0 Å². The summed E-state index contributed by atoms with van der Waals surface area (Å²) in [6.45, 7) is 5.57. The zero-order valence-electron chi connectivity index (χ0n) is 22.9. The molecule has 0 aromatic rings. The van der Waals surface area contributed by atoms with E-state index in [1.807, 2.05) is 0 Å². The Labute approximate surface area is 226 Å². The molecule has 0 radical (unpaired) electrons. The minimum absolute atomic E-state index is 0.0208. The van der Waals surface area contributed by atoms with E-state index in [0.29, 0.717) is 6.42 Å². The molecule has 8 heteroatoms. The standard InChI is InChI=1S/C28H50BrF3O4/c1-4-7-8-9-10-11-12-13-14-15-16-17-18-19-20-21-22-35-25(33)27(5-2,6-3)26(34)36-24(23-29)28(30,31)32/h24H,4-23H2,1-3H3. The van der Waals surface area contributed by atoms with E-state index in [0.717, 1.165) is 19.3 Å². The molecule has 0 aromatic carbocycles. The van der Waals surface area contributed by atoms with Crippen molar-refractivity contribution in [3.63, 3.8) is 0 Å². The number of alkyl halides is 4. The first-order valence-electron chi connectivity index (χ1n) is 14.2. The van der Waals surface area contributed by atoms with Gasteiger partial charge < -0.3 is 9.47 Å². The van der Waals surface area contributed by atoms with Gasteiger partial charge in [-0.05, 0) is 19.3 Å². The Morgan fingerprint density at radius 1 is 0.667 bits per heavy atom. The fourth-order valence-corrected chi connectivity index (χ4v) is 4.79. The molecule has 0 heterocycles. The van der Waals surface area contributed by atoms with Gasteiger partial charge in [0.2, 0.25) is 6.10 Å². The summed E-state index contributed by atoms with van der Waals surface area (Å²) in [7, 11) is 0. The van der Waals surface area contributed by atoms with Crippen LogP contribution in [0.3, 0.4) is 0 Å². The minimum atomic E-state index is -4.70. The monoisotopic (exact) mass is 586 g/mol. The highest BCUT2D eigenvalue weighted by Gasteiger charge is 2.50. The van der Waals surface area contributed by atoms with E-state index in [2.05, 4.69) is 27.6 Å². The highest BCUT2D eigenvalue weighted by atomic mass is 79.9. The summed E-state index contributed by atoms with van der Waals surface area (Å²) >= 11 is 2.72. The third-order valence-corrected chi connectivity index (χ3v) is 7.56.